The molecule has 0 saturated heterocycles. The van der Waals surface area contributed by atoms with Crippen molar-refractivity contribution in [1.82, 2.24) is 0 Å². The average molecular weight is 1020 g/mol. The lowest BCUT2D eigenvalue weighted by Gasteiger charge is -2.32. The van der Waals surface area contributed by atoms with Crippen LogP contribution in [0.4, 0.5) is 34.1 Å². The molecule has 370 valence electrons. The molecule has 4 nitrogen and oxygen atoms in total. The van der Waals surface area contributed by atoms with Gasteiger partial charge in [-0.3, -0.25) is 0 Å². The smallest absolute Gasteiger partial charge is 0.159 e. The van der Waals surface area contributed by atoms with Gasteiger partial charge in [-0.15, -0.1) is 0 Å². The Balaban J connectivity index is 0.917. The number of anilines is 6. The van der Waals surface area contributed by atoms with Crippen molar-refractivity contribution in [2.24, 2.45) is 0 Å². The third-order valence-electron chi connectivity index (χ3n) is 17.0. The maximum absolute atomic E-state index is 6.79. The molecule has 2 aliphatic carbocycles. The molecule has 2 aliphatic rings. The molecule has 2 aromatic heterocycles. The Morgan fingerprint density at radius 2 is 0.846 bits per heavy atom. The summed E-state index contributed by atoms with van der Waals surface area (Å²) in [6.45, 7) is 9.38. The fraction of sp³-hybridized carbons (Fsp3) is 0.0685. The predicted octanol–water partition coefficient (Wildman–Crippen LogP) is 19.9. The monoisotopic (exact) mass is 1020 g/mol. The minimum absolute atomic E-state index is 0.591. The Morgan fingerprint density at radius 3 is 1.45 bits per heavy atom. The number of furan rings is 2. The molecule has 0 fully saturated rings. The molecule has 0 atom stereocenters. The van der Waals surface area contributed by atoms with Crippen molar-refractivity contribution in [3.63, 3.8) is 0 Å². The number of para-hydroxylation sites is 4. The molecule has 78 heavy (non-hydrogen) atoms. The molecule has 5 heteroatoms. The zero-order valence-electron chi connectivity index (χ0n) is 43.8. The molecule has 12 aromatic carbocycles. The molecule has 0 unspecified atom stereocenters. The van der Waals surface area contributed by atoms with E-state index in [0.717, 1.165) is 78.0 Å². The van der Waals surface area contributed by atoms with Gasteiger partial charge in [0.15, 0.2) is 11.2 Å². The molecule has 0 amide bonds. The highest BCUT2D eigenvalue weighted by atomic mass is 28.3. The van der Waals surface area contributed by atoms with Crippen LogP contribution in [0.5, 0.6) is 0 Å². The minimum atomic E-state index is -1.57. The quantitative estimate of drug-likeness (QED) is 0.149. The van der Waals surface area contributed by atoms with Crippen molar-refractivity contribution >= 4 is 113 Å². The van der Waals surface area contributed by atoms with Gasteiger partial charge in [-0.05, 0) is 158 Å². The van der Waals surface area contributed by atoms with Crippen LogP contribution >= 0.6 is 0 Å². The Kier molecular flexibility index (Phi) is 9.51. The van der Waals surface area contributed by atoms with Crippen LogP contribution in [-0.4, -0.2) is 8.07 Å². The van der Waals surface area contributed by atoms with Crippen molar-refractivity contribution in [3.8, 4) is 22.3 Å². The van der Waals surface area contributed by atoms with E-state index < -0.39 is 13.5 Å². The molecule has 14 aromatic rings. The Morgan fingerprint density at radius 1 is 0.346 bits per heavy atom. The molecule has 16 rings (SSSR count). The Bertz CT molecular complexity index is 4760. The van der Waals surface area contributed by atoms with Gasteiger partial charge >= 0.3 is 0 Å². The summed E-state index contributed by atoms with van der Waals surface area (Å²) in [5, 5.41) is 10.7. The summed E-state index contributed by atoms with van der Waals surface area (Å²) in [4.78, 5) is 4.76. The van der Waals surface area contributed by atoms with E-state index in [1.165, 1.54) is 76.8 Å². The number of hydrogen-bond donors (Lipinski definition) is 0. The van der Waals surface area contributed by atoms with Gasteiger partial charge in [-0.2, -0.15) is 0 Å². The van der Waals surface area contributed by atoms with Gasteiger partial charge in [0, 0.05) is 44.3 Å². The molecule has 0 saturated carbocycles. The lowest BCUT2D eigenvalue weighted by atomic mass is 9.69. The van der Waals surface area contributed by atoms with E-state index in [9.17, 15) is 0 Å². The molecular formula is C73H52N2O2Si. The summed E-state index contributed by atoms with van der Waals surface area (Å²) in [6, 6.07) is 90.0. The second-order valence-corrected chi connectivity index (χ2v) is 27.5. The SMILES string of the molecule is Cc1ccc(N(c2ccc3cc4c(cc3c2)C2(c3ccccc3-c3ccccc32)c2c-4ccc3cc(N(c4ccc([Si](C)(C)C)cc4)c4cccc5c4oc4ccccc45)ccc23)c2cccc3c2oc2ccccc23)cc1. The first-order valence-corrected chi connectivity index (χ1v) is 30.6. The number of benzene rings is 12. The maximum Gasteiger partial charge on any atom is 0.159 e. The summed E-state index contributed by atoms with van der Waals surface area (Å²) < 4.78 is 13.5. The van der Waals surface area contributed by atoms with Gasteiger partial charge in [-0.1, -0.05) is 188 Å². The van der Waals surface area contributed by atoms with Crippen molar-refractivity contribution in [2.75, 3.05) is 9.80 Å². The highest BCUT2D eigenvalue weighted by Crippen LogP contribution is 2.65. The highest BCUT2D eigenvalue weighted by molar-refractivity contribution is 6.88. The van der Waals surface area contributed by atoms with Crippen molar-refractivity contribution < 1.29 is 8.83 Å². The van der Waals surface area contributed by atoms with E-state index in [0.29, 0.717) is 0 Å². The Labute approximate surface area is 453 Å². The molecule has 0 N–H and O–H groups in total. The maximum atomic E-state index is 6.79. The molecular weight excluding hydrogens is 965 g/mol. The van der Waals surface area contributed by atoms with Crippen molar-refractivity contribution in [1.29, 1.82) is 0 Å². The summed E-state index contributed by atoms with van der Waals surface area (Å²) >= 11 is 0. The number of aryl methyl sites for hydroxylation is 1. The molecule has 2 heterocycles. The summed E-state index contributed by atoms with van der Waals surface area (Å²) in [5.74, 6) is 0. The van der Waals surface area contributed by atoms with Crippen LogP contribution in [0.2, 0.25) is 19.6 Å². The van der Waals surface area contributed by atoms with Crippen LogP contribution in [0.1, 0.15) is 27.8 Å². The van der Waals surface area contributed by atoms with Crippen LogP contribution < -0.4 is 15.0 Å². The van der Waals surface area contributed by atoms with E-state index in [2.05, 4.69) is 273 Å². The third kappa shape index (κ3) is 6.40. The van der Waals surface area contributed by atoms with Gasteiger partial charge < -0.3 is 18.6 Å². The second-order valence-electron chi connectivity index (χ2n) is 22.5. The first-order chi connectivity index (χ1) is 38.2. The first-order valence-electron chi connectivity index (χ1n) is 27.1. The zero-order chi connectivity index (χ0) is 52.0. The fourth-order valence-electron chi connectivity index (χ4n) is 13.4. The van der Waals surface area contributed by atoms with Gasteiger partial charge in [0.25, 0.3) is 0 Å². The van der Waals surface area contributed by atoms with E-state index in [1.54, 1.807) is 0 Å². The number of hydrogen-bond acceptors (Lipinski definition) is 4. The number of nitrogens with zero attached hydrogens (tertiary/aromatic N) is 2. The van der Waals surface area contributed by atoms with Crippen LogP contribution in [0.3, 0.4) is 0 Å². The Hall–Kier alpha value is -9.42. The van der Waals surface area contributed by atoms with Gasteiger partial charge in [0.2, 0.25) is 0 Å². The summed E-state index contributed by atoms with van der Waals surface area (Å²) in [5.41, 5.74) is 20.8. The zero-order valence-corrected chi connectivity index (χ0v) is 44.8. The second kappa shape index (κ2) is 16.5. The molecule has 1 spiro atoms. The lowest BCUT2D eigenvalue weighted by molar-refractivity contribution is 0.668. The predicted molar refractivity (Wildman–Crippen MR) is 329 cm³/mol. The van der Waals surface area contributed by atoms with E-state index in [1.807, 2.05) is 6.07 Å². The summed E-state index contributed by atoms with van der Waals surface area (Å²) in [7, 11) is -1.57. The topological polar surface area (TPSA) is 32.8 Å². The van der Waals surface area contributed by atoms with Crippen LogP contribution in [0, 0.1) is 6.92 Å². The van der Waals surface area contributed by atoms with Crippen LogP contribution in [0.25, 0.3) is 87.7 Å². The molecule has 0 aliphatic heterocycles. The lowest BCUT2D eigenvalue weighted by Crippen LogP contribution is -2.37. The minimum Gasteiger partial charge on any atom is -0.454 e. The largest absolute Gasteiger partial charge is 0.454 e. The van der Waals surface area contributed by atoms with E-state index in [-0.39, 0.29) is 0 Å². The fourth-order valence-corrected chi connectivity index (χ4v) is 14.6. The van der Waals surface area contributed by atoms with Crippen LogP contribution in [-0.2, 0) is 5.41 Å². The molecule has 0 bridgehead atoms. The average Bonchev–Trinajstić information content (AvgIpc) is 4.27. The molecule has 0 radical (unpaired) electrons. The highest BCUT2D eigenvalue weighted by Gasteiger charge is 2.52. The van der Waals surface area contributed by atoms with Crippen molar-refractivity contribution in [3.05, 3.63) is 270 Å². The van der Waals surface area contributed by atoms with E-state index >= 15 is 0 Å². The van der Waals surface area contributed by atoms with Crippen LogP contribution in [0.15, 0.2) is 251 Å². The van der Waals surface area contributed by atoms with Gasteiger partial charge in [-0.25, -0.2) is 0 Å². The number of rotatable bonds is 7. The number of fused-ring (bicyclic) bond motifs is 19. The standard InChI is InChI=1S/C73H52N2O2Si/c1-45-27-31-49(32-28-45)74(66-23-13-19-60-57-17-7-11-25-68(57)76-71(60)66)51-33-29-46-43-62-59-39-30-47-41-52(75(50-34-37-53(38-35-50)78(2,3)4)67-24-14-20-61-58-18-8-12-26-69(58)77-72(61)67)36-40-54(47)70(59)73(65(62)44-48(46)42-51)63-21-9-5-15-55(63)56-16-6-10-22-64(56)73/h5-44H,1-4H3. The summed E-state index contributed by atoms with van der Waals surface area (Å²) in [6.07, 6.45) is 0. The van der Waals surface area contributed by atoms with Crippen molar-refractivity contribution in [2.45, 2.75) is 32.0 Å². The third-order valence-corrected chi connectivity index (χ3v) is 19.1. The first kappa shape index (κ1) is 44.8. The van der Waals surface area contributed by atoms with Gasteiger partial charge in [0.05, 0.1) is 24.9 Å². The normalized spacial score (nSPS) is 13.2. The van der Waals surface area contributed by atoms with E-state index in [4.69, 9.17) is 8.83 Å². The van der Waals surface area contributed by atoms with Gasteiger partial charge in [0.1, 0.15) is 11.2 Å².